The number of nitrogens with two attached hydrogens (primary N) is 1. The average Bonchev–Trinajstić information content (AvgIpc) is 2.41. The summed E-state index contributed by atoms with van der Waals surface area (Å²) in [5.74, 6) is 0.196. The lowest BCUT2D eigenvalue weighted by molar-refractivity contribution is 0.0452. The monoisotopic (exact) mass is 267 g/mol. The van der Waals surface area contributed by atoms with Crippen molar-refractivity contribution in [2.24, 2.45) is 0 Å². The van der Waals surface area contributed by atoms with E-state index < -0.39 is 0 Å². The van der Waals surface area contributed by atoms with Gasteiger partial charge in [0.1, 0.15) is 5.75 Å². The highest BCUT2D eigenvalue weighted by atomic mass is 16.5. The predicted molar refractivity (Wildman–Crippen MR) is 73.4 cm³/mol. The van der Waals surface area contributed by atoms with Crippen molar-refractivity contribution in [3.05, 3.63) is 23.8 Å². The van der Waals surface area contributed by atoms with Gasteiger partial charge in [0.05, 0.1) is 24.5 Å². The number of ether oxygens (including phenoxy) is 3. The SMILES string of the molecule is CCOCCCOC(=O)c1ccc(OCC)c(N)c1. The molecule has 5 nitrogen and oxygen atoms in total. The van der Waals surface area contributed by atoms with Gasteiger partial charge in [-0.15, -0.1) is 0 Å². The first-order valence-electron chi connectivity index (χ1n) is 6.46. The van der Waals surface area contributed by atoms with Crippen LogP contribution in [0.4, 0.5) is 5.69 Å². The minimum Gasteiger partial charge on any atom is -0.492 e. The van der Waals surface area contributed by atoms with Crippen molar-refractivity contribution < 1.29 is 19.0 Å². The van der Waals surface area contributed by atoms with Crippen molar-refractivity contribution in [2.75, 3.05) is 32.2 Å². The van der Waals surface area contributed by atoms with Crippen LogP contribution >= 0.6 is 0 Å². The second-order valence-corrected chi connectivity index (χ2v) is 3.87. The van der Waals surface area contributed by atoms with Crippen molar-refractivity contribution in [3.63, 3.8) is 0 Å². The van der Waals surface area contributed by atoms with E-state index in [1.165, 1.54) is 0 Å². The van der Waals surface area contributed by atoms with E-state index in [1.807, 2.05) is 13.8 Å². The Morgan fingerprint density at radius 1 is 1.21 bits per heavy atom. The van der Waals surface area contributed by atoms with Gasteiger partial charge in [-0.2, -0.15) is 0 Å². The Bertz CT molecular complexity index is 406. The number of anilines is 1. The highest BCUT2D eigenvalue weighted by Gasteiger charge is 2.09. The van der Waals surface area contributed by atoms with Crippen LogP contribution in [0.15, 0.2) is 18.2 Å². The molecule has 0 saturated carbocycles. The maximum absolute atomic E-state index is 11.7. The van der Waals surface area contributed by atoms with E-state index in [-0.39, 0.29) is 5.97 Å². The molecule has 0 aliphatic carbocycles. The Morgan fingerprint density at radius 2 is 2.00 bits per heavy atom. The fourth-order valence-corrected chi connectivity index (χ4v) is 1.52. The number of rotatable bonds is 8. The van der Waals surface area contributed by atoms with Crippen molar-refractivity contribution >= 4 is 11.7 Å². The van der Waals surface area contributed by atoms with Gasteiger partial charge in [0, 0.05) is 19.6 Å². The van der Waals surface area contributed by atoms with Crippen LogP contribution in [0.5, 0.6) is 5.75 Å². The van der Waals surface area contributed by atoms with Crippen LogP contribution in [-0.2, 0) is 9.47 Å². The second-order valence-electron chi connectivity index (χ2n) is 3.87. The largest absolute Gasteiger partial charge is 0.492 e. The molecule has 0 bridgehead atoms. The Balaban J connectivity index is 2.46. The van der Waals surface area contributed by atoms with E-state index in [1.54, 1.807) is 18.2 Å². The van der Waals surface area contributed by atoms with Crippen LogP contribution in [0, 0.1) is 0 Å². The Morgan fingerprint density at radius 3 is 2.63 bits per heavy atom. The molecule has 0 unspecified atom stereocenters. The van der Waals surface area contributed by atoms with E-state index >= 15 is 0 Å². The molecule has 0 heterocycles. The lowest BCUT2D eigenvalue weighted by Gasteiger charge is -2.09. The van der Waals surface area contributed by atoms with Crippen LogP contribution in [-0.4, -0.2) is 32.4 Å². The molecule has 0 aromatic heterocycles. The average molecular weight is 267 g/mol. The van der Waals surface area contributed by atoms with Gasteiger partial charge in [-0.3, -0.25) is 0 Å². The Labute approximate surface area is 113 Å². The number of carbonyl (C=O) groups is 1. The summed E-state index contributed by atoms with van der Waals surface area (Å²) in [6.07, 6.45) is 0.687. The maximum Gasteiger partial charge on any atom is 0.338 e. The van der Waals surface area contributed by atoms with Gasteiger partial charge in [-0.1, -0.05) is 0 Å². The van der Waals surface area contributed by atoms with Gasteiger partial charge in [0.25, 0.3) is 0 Å². The summed E-state index contributed by atoms with van der Waals surface area (Å²) in [6.45, 7) is 5.94. The minimum absolute atomic E-state index is 0.339. The smallest absolute Gasteiger partial charge is 0.338 e. The molecule has 0 radical (unpaired) electrons. The summed E-state index contributed by atoms with van der Waals surface area (Å²) < 4.78 is 15.6. The molecule has 0 amide bonds. The van der Waals surface area contributed by atoms with Crippen molar-refractivity contribution in [3.8, 4) is 5.75 Å². The van der Waals surface area contributed by atoms with Gasteiger partial charge in [-0.25, -0.2) is 4.79 Å². The first-order chi connectivity index (χ1) is 9.19. The van der Waals surface area contributed by atoms with Gasteiger partial charge < -0.3 is 19.9 Å². The fourth-order valence-electron chi connectivity index (χ4n) is 1.52. The maximum atomic E-state index is 11.7. The number of carbonyl (C=O) groups excluding carboxylic acids is 1. The zero-order valence-corrected chi connectivity index (χ0v) is 11.5. The quantitative estimate of drug-likeness (QED) is 0.444. The van der Waals surface area contributed by atoms with Gasteiger partial charge >= 0.3 is 5.97 Å². The van der Waals surface area contributed by atoms with Gasteiger partial charge in [0.15, 0.2) is 0 Å². The molecule has 2 N–H and O–H groups in total. The van der Waals surface area contributed by atoms with E-state index in [0.717, 1.165) is 0 Å². The summed E-state index contributed by atoms with van der Waals surface area (Å²) in [6, 6.07) is 4.89. The van der Waals surface area contributed by atoms with E-state index in [2.05, 4.69) is 0 Å². The predicted octanol–water partition coefficient (Wildman–Crippen LogP) is 2.25. The van der Waals surface area contributed by atoms with Gasteiger partial charge in [0.2, 0.25) is 0 Å². The lowest BCUT2D eigenvalue weighted by Crippen LogP contribution is -2.09. The molecule has 1 aromatic rings. The molecular weight excluding hydrogens is 246 g/mol. The lowest BCUT2D eigenvalue weighted by atomic mass is 10.2. The van der Waals surface area contributed by atoms with Crippen molar-refractivity contribution in [2.45, 2.75) is 20.3 Å². The van der Waals surface area contributed by atoms with Gasteiger partial charge in [-0.05, 0) is 32.0 Å². The van der Waals surface area contributed by atoms with Crippen molar-refractivity contribution in [1.29, 1.82) is 0 Å². The standard InChI is InChI=1S/C14H21NO4/c1-3-17-8-5-9-19-14(16)11-6-7-13(18-4-2)12(15)10-11/h6-7,10H,3-5,8-9,15H2,1-2H3. The van der Waals surface area contributed by atoms with Crippen LogP contribution < -0.4 is 10.5 Å². The summed E-state index contributed by atoms with van der Waals surface area (Å²) in [4.78, 5) is 11.7. The number of hydrogen-bond donors (Lipinski definition) is 1. The first kappa shape index (κ1) is 15.3. The van der Waals surface area contributed by atoms with E-state index in [0.29, 0.717) is 49.8 Å². The van der Waals surface area contributed by atoms with E-state index in [9.17, 15) is 4.79 Å². The molecule has 0 atom stereocenters. The molecule has 1 rings (SSSR count). The third-order valence-corrected chi connectivity index (χ3v) is 2.42. The van der Waals surface area contributed by atoms with E-state index in [4.69, 9.17) is 19.9 Å². The molecule has 0 fully saturated rings. The van der Waals surface area contributed by atoms with Crippen molar-refractivity contribution in [1.82, 2.24) is 0 Å². The molecule has 0 spiro atoms. The number of hydrogen-bond acceptors (Lipinski definition) is 5. The Hall–Kier alpha value is -1.75. The number of benzene rings is 1. The summed E-state index contributed by atoms with van der Waals surface area (Å²) in [7, 11) is 0. The zero-order chi connectivity index (χ0) is 14.1. The molecule has 0 saturated heterocycles. The third kappa shape index (κ3) is 5.18. The highest BCUT2D eigenvalue weighted by Crippen LogP contribution is 2.22. The zero-order valence-electron chi connectivity index (χ0n) is 11.5. The minimum atomic E-state index is -0.383. The van der Waals surface area contributed by atoms with Crippen LogP contribution in [0.1, 0.15) is 30.6 Å². The molecule has 1 aromatic carbocycles. The number of esters is 1. The molecular formula is C14H21NO4. The number of nitrogen functional groups attached to an aromatic ring is 1. The molecule has 19 heavy (non-hydrogen) atoms. The molecule has 0 aliphatic heterocycles. The fraction of sp³-hybridized carbons (Fsp3) is 0.500. The highest BCUT2D eigenvalue weighted by molar-refractivity contribution is 5.91. The normalized spacial score (nSPS) is 10.2. The molecule has 5 heteroatoms. The van der Waals surface area contributed by atoms with Crippen LogP contribution in [0.2, 0.25) is 0 Å². The molecule has 106 valence electrons. The second kappa shape index (κ2) is 8.37. The summed E-state index contributed by atoms with van der Waals surface area (Å²) in [5.41, 5.74) is 6.65. The topological polar surface area (TPSA) is 70.8 Å². The van der Waals surface area contributed by atoms with Crippen LogP contribution in [0.25, 0.3) is 0 Å². The Kier molecular flexibility index (Phi) is 6.74. The summed E-state index contributed by atoms with van der Waals surface area (Å²) >= 11 is 0. The molecule has 0 aliphatic rings. The first-order valence-corrected chi connectivity index (χ1v) is 6.46. The summed E-state index contributed by atoms with van der Waals surface area (Å²) in [5, 5.41) is 0. The third-order valence-electron chi connectivity index (χ3n) is 2.42. The van der Waals surface area contributed by atoms with Crippen LogP contribution in [0.3, 0.4) is 0 Å².